The van der Waals surface area contributed by atoms with Gasteiger partial charge in [-0.05, 0) is 51.4 Å². The average Bonchev–Trinajstić information content (AvgIpc) is 3.43. The van der Waals surface area contributed by atoms with Crippen LogP contribution in [0.1, 0.15) is 406 Å². The largest absolute Gasteiger partial charge is 0.466 e. The van der Waals surface area contributed by atoms with Crippen LogP contribution in [0.5, 0.6) is 0 Å². The van der Waals surface area contributed by atoms with Gasteiger partial charge in [0.2, 0.25) is 5.91 Å². The molecule has 0 heterocycles. The third-order valence-electron chi connectivity index (χ3n) is 16.8. The van der Waals surface area contributed by atoms with Gasteiger partial charge in [-0.25, -0.2) is 0 Å². The van der Waals surface area contributed by atoms with Crippen LogP contribution in [-0.4, -0.2) is 47.4 Å². The number of carbonyl (C=O) groups excluding carboxylic acids is 2. The Balaban J connectivity index is 3.37. The summed E-state index contributed by atoms with van der Waals surface area (Å²) in [5, 5.41) is 23.4. The van der Waals surface area contributed by atoms with Crippen molar-refractivity contribution in [1.82, 2.24) is 5.32 Å². The van der Waals surface area contributed by atoms with Crippen LogP contribution >= 0.6 is 0 Å². The zero-order valence-electron chi connectivity index (χ0n) is 52.5. The maximum Gasteiger partial charge on any atom is 0.305 e. The van der Waals surface area contributed by atoms with Gasteiger partial charge in [0.05, 0.1) is 25.4 Å². The summed E-state index contributed by atoms with van der Waals surface area (Å²) < 4.78 is 5.51. The molecule has 0 aromatic heterocycles. The predicted octanol–water partition coefficient (Wildman–Crippen LogP) is 22.8. The first-order valence-corrected chi connectivity index (χ1v) is 35.4. The maximum atomic E-state index is 12.5. The molecule has 6 nitrogen and oxygen atoms in total. The summed E-state index contributed by atoms with van der Waals surface area (Å²) in [6, 6.07) is -0.544. The molecule has 2 atom stereocenters. The van der Waals surface area contributed by atoms with Gasteiger partial charge in [-0.15, -0.1) is 0 Å². The van der Waals surface area contributed by atoms with Crippen molar-refractivity contribution in [2.75, 3.05) is 13.2 Å². The predicted molar refractivity (Wildman–Crippen MR) is 338 cm³/mol. The number of aliphatic hydroxyl groups is 2. The van der Waals surface area contributed by atoms with E-state index in [2.05, 4.69) is 31.3 Å². The van der Waals surface area contributed by atoms with Crippen molar-refractivity contribution < 1.29 is 24.5 Å². The van der Waals surface area contributed by atoms with Gasteiger partial charge in [0, 0.05) is 12.8 Å². The summed E-state index contributed by atoms with van der Waals surface area (Å²) >= 11 is 0. The minimum atomic E-state index is -0.666. The van der Waals surface area contributed by atoms with Gasteiger partial charge in [-0.2, -0.15) is 0 Å². The second-order valence-corrected chi connectivity index (χ2v) is 24.6. The highest BCUT2D eigenvalue weighted by Crippen LogP contribution is 2.19. The molecular weight excluding hydrogens is 947 g/mol. The molecule has 0 aromatic rings. The summed E-state index contributed by atoms with van der Waals surface area (Å²) in [6.45, 7) is 5.00. The summed E-state index contributed by atoms with van der Waals surface area (Å²) in [6.07, 6.45) is 82.6. The van der Waals surface area contributed by atoms with Crippen molar-refractivity contribution >= 4 is 11.9 Å². The third kappa shape index (κ3) is 63.6. The van der Waals surface area contributed by atoms with Crippen LogP contribution in [0, 0.1) is 0 Å². The van der Waals surface area contributed by atoms with Crippen molar-refractivity contribution in [2.24, 2.45) is 0 Å². The van der Waals surface area contributed by atoms with Gasteiger partial charge in [0.25, 0.3) is 0 Å². The van der Waals surface area contributed by atoms with E-state index in [1.54, 1.807) is 0 Å². The number of esters is 1. The quantitative estimate of drug-likeness (QED) is 0.0320. The van der Waals surface area contributed by atoms with Crippen LogP contribution < -0.4 is 5.32 Å². The number of amides is 1. The molecule has 1 amide bonds. The van der Waals surface area contributed by atoms with E-state index in [1.165, 1.54) is 334 Å². The van der Waals surface area contributed by atoms with Gasteiger partial charge in [0.15, 0.2) is 0 Å². The molecule has 77 heavy (non-hydrogen) atoms. The summed E-state index contributed by atoms with van der Waals surface area (Å²) in [5.74, 6) is -0.0153. The van der Waals surface area contributed by atoms with Crippen molar-refractivity contribution in [3.05, 3.63) is 12.2 Å². The number of hydrogen-bond donors (Lipinski definition) is 3. The molecule has 0 aliphatic heterocycles. The Morgan fingerprint density at radius 3 is 0.922 bits per heavy atom. The van der Waals surface area contributed by atoms with Gasteiger partial charge < -0.3 is 20.3 Å². The Hall–Kier alpha value is -1.40. The Labute approximate surface area is 482 Å². The van der Waals surface area contributed by atoms with E-state index in [9.17, 15) is 19.8 Å². The first-order valence-electron chi connectivity index (χ1n) is 35.4. The van der Waals surface area contributed by atoms with Gasteiger partial charge in [-0.1, -0.05) is 353 Å². The number of ether oxygens (including phenoxy) is 1. The molecule has 0 radical (unpaired) electrons. The van der Waals surface area contributed by atoms with Crippen molar-refractivity contribution in [3.63, 3.8) is 0 Å². The SMILES string of the molecule is CCCCCCCCCCCCCCCCCCCCC(O)C(CO)NC(=O)CCCCCCCCCCC/C=C\CCCCCCCCCCCCCCOC(=O)CCCCCCCCCCCCCCCCCCC. The van der Waals surface area contributed by atoms with Crippen LogP contribution in [0.25, 0.3) is 0 Å². The van der Waals surface area contributed by atoms with Crippen LogP contribution in [0.4, 0.5) is 0 Å². The third-order valence-corrected chi connectivity index (χ3v) is 16.8. The van der Waals surface area contributed by atoms with Gasteiger partial charge in [-0.3, -0.25) is 9.59 Å². The number of rotatable bonds is 67. The standard InChI is InChI=1S/C71H139NO5/c1-3-5-7-9-11-13-15-17-19-21-32-35-39-43-47-51-55-59-63-69(74)68(67-73)72-70(75)64-60-56-52-48-44-40-36-33-29-27-25-23-22-24-26-28-30-34-38-42-46-50-54-58-62-66-77-71(76)65-61-57-53-49-45-41-37-31-20-18-16-14-12-10-8-6-4-2/h23,25,68-69,73-74H,3-22,24,26-67H2,1-2H3,(H,72,75)/b25-23-. The highest BCUT2D eigenvalue weighted by molar-refractivity contribution is 5.76. The van der Waals surface area contributed by atoms with E-state index >= 15 is 0 Å². The zero-order valence-corrected chi connectivity index (χ0v) is 52.5. The van der Waals surface area contributed by atoms with Crippen molar-refractivity contribution in [3.8, 4) is 0 Å². The first kappa shape index (κ1) is 75.6. The first-order chi connectivity index (χ1) is 38.0. The second-order valence-electron chi connectivity index (χ2n) is 24.6. The summed E-state index contributed by atoms with van der Waals surface area (Å²) in [4.78, 5) is 24.6. The number of allylic oxidation sites excluding steroid dienone is 2. The molecule has 0 fully saturated rings. The number of hydrogen-bond acceptors (Lipinski definition) is 5. The topological polar surface area (TPSA) is 95.9 Å². The van der Waals surface area contributed by atoms with Gasteiger partial charge >= 0.3 is 5.97 Å². The van der Waals surface area contributed by atoms with Crippen molar-refractivity contribution in [1.29, 1.82) is 0 Å². The van der Waals surface area contributed by atoms with E-state index in [4.69, 9.17) is 4.74 Å². The lowest BCUT2D eigenvalue weighted by molar-refractivity contribution is -0.143. The Morgan fingerprint density at radius 2 is 0.610 bits per heavy atom. The van der Waals surface area contributed by atoms with E-state index in [0.29, 0.717) is 25.9 Å². The minimum absolute atomic E-state index is 0.0186. The Kier molecular flexibility index (Phi) is 65.9. The fourth-order valence-corrected chi connectivity index (χ4v) is 11.4. The molecule has 0 aliphatic rings. The van der Waals surface area contributed by atoms with Crippen LogP contribution in [0.3, 0.4) is 0 Å². The van der Waals surface area contributed by atoms with Crippen molar-refractivity contribution in [2.45, 2.75) is 418 Å². The maximum absolute atomic E-state index is 12.5. The fraction of sp³-hybridized carbons (Fsp3) is 0.944. The molecule has 0 saturated heterocycles. The lowest BCUT2D eigenvalue weighted by atomic mass is 10.0. The molecule has 2 unspecified atom stereocenters. The molecule has 3 N–H and O–H groups in total. The van der Waals surface area contributed by atoms with Crippen LogP contribution in [0.15, 0.2) is 12.2 Å². The Bertz CT molecular complexity index is 1160. The molecule has 0 saturated carbocycles. The molecular formula is C71H139NO5. The molecule has 0 aromatic carbocycles. The molecule has 0 aliphatic carbocycles. The molecule has 458 valence electrons. The number of nitrogens with one attached hydrogen (secondary N) is 1. The lowest BCUT2D eigenvalue weighted by Gasteiger charge is -2.22. The summed E-state index contributed by atoms with van der Waals surface area (Å²) in [7, 11) is 0. The highest BCUT2D eigenvalue weighted by Gasteiger charge is 2.20. The number of aliphatic hydroxyl groups excluding tert-OH is 2. The van der Waals surface area contributed by atoms with E-state index in [-0.39, 0.29) is 18.5 Å². The molecule has 0 rings (SSSR count). The fourth-order valence-electron chi connectivity index (χ4n) is 11.4. The van der Waals surface area contributed by atoms with Crippen LogP contribution in [-0.2, 0) is 14.3 Å². The van der Waals surface area contributed by atoms with E-state index in [0.717, 1.165) is 38.5 Å². The number of unbranched alkanes of at least 4 members (excludes halogenated alkanes) is 54. The monoisotopic (exact) mass is 1090 g/mol. The van der Waals surface area contributed by atoms with Crippen LogP contribution in [0.2, 0.25) is 0 Å². The normalized spacial score (nSPS) is 12.5. The average molecular weight is 1090 g/mol. The molecule has 0 bridgehead atoms. The lowest BCUT2D eigenvalue weighted by Crippen LogP contribution is -2.45. The van der Waals surface area contributed by atoms with E-state index < -0.39 is 12.1 Å². The summed E-state index contributed by atoms with van der Waals surface area (Å²) in [5.41, 5.74) is 0. The minimum Gasteiger partial charge on any atom is -0.466 e. The molecule has 0 spiro atoms. The number of carbonyl (C=O) groups is 2. The molecule has 6 heteroatoms. The van der Waals surface area contributed by atoms with E-state index in [1.807, 2.05) is 0 Å². The second kappa shape index (κ2) is 67.1. The Morgan fingerprint density at radius 1 is 0.351 bits per heavy atom. The smallest absolute Gasteiger partial charge is 0.305 e. The van der Waals surface area contributed by atoms with Gasteiger partial charge in [0.1, 0.15) is 0 Å². The highest BCUT2D eigenvalue weighted by atomic mass is 16.5. The zero-order chi connectivity index (χ0) is 55.7.